The van der Waals surface area contributed by atoms with E-state index in [1.807, 2.05) is 26.0 Å². The van der Waals surface area contributed by atoms with E-state index in [1.54, 1.807) is 0 Å². The number of halogens is 1. The highest BCUT2D eigenvalue weighted by Crippen LogP contribution is 2.39. The van der Waals surface area contributed by atoms with Gasteiger partial charge in [0.1, 0.15) is 16.4 Å². The zero-order chi connectivity index (χ0) is 21.3. The number of hydrogen-bond acceptors (Lipinski definition) is 9. The first kappa shape index (κ1) is 21.3. The summed E-state index contributed by atoms with van der Waals surface area (Å²) in [4.78, 5) is -0.632. The Morgan fingerprint density at radius 2 is 2.00 bits per heavy atom. The Morgan fingerprint density at radius 3 is 2.59 bits per heavy atom. The number of aryl methyl sites for hydroxylation is 1. The average molecular weight is 460 g/mol. The van der Waals surface area contributed by atoms with Crippen molar-refractivity contribution in [2.75, 3.05) is 10.6 Å². The Kier molecular flexibility index (Phi) is 6.00. The van der Waals surface area contributed by atoms with E-state index in [4.69, 9.17) is 21.2 Å². The lowest BCUT2D eigenvalue weighted by Gasteiger charge is -2.15. The Hall–Kier alpha value is -2.38. The molecule has 0 spiro atoms. The molecule has 3 rings (SSSR count). The molecule has 0 aliphatic heterocycles. The molecule has 2 atom stereocenters. The highest BCUT2D eigenvalue weighted by Gasteiger charge is 2.25. The molecule has 0 bridgehead atoms. The number of nitrogens with one attached hydrogen (secondary N) is 2. The van der Waals surface area contributed by atoms with Gasteiger partial charge in [-0.05, 0) is 37.6 Å². The summed E-state index contributed by atoms with van der Waals surface area (Å²) in [7, 11) is -4.28. The average Bonchev–Trinajstić information content (AvgIpc) is 3.19. The molecule has 0 saturated carbocycles. The van der Waals surface area contributed by atoms with Crippen LogP contribution in [0.1, 0.15) is 30.9 Å². The lowest BCUT2D eigenvalue weighted by Crippen LogP contribution is -2.14. The van der Waals surface area contributed by atoms with Crippen LogP contribution < -0.4 is 15.8 Å². The summed E-state index contributed by atoms with van der Waals surface area (Å²) in [6.07, 6.45) is 0.633. The molecule has 3 aromatic rings. The van der Waals surface area contributed by atoms with Crippen molar-refractivity contribution in [2.45, 2.75) is 31.2 Å². The molecule has 29 heavy (non-hydrogen) atoms. The molecule has 13 heteroatoms. The number of nitrogens with zero attached hydrogens (tertiary/aromatic N) is 2. The van der Waals surface area contributed by atoms with E-state index in [-0.39, 0.29) is 28.4 Å². The van der Waals surface area contributed by atoms with Crippen molar-refractivity contribution in [3.8, 4) is 5.75 Å². The normalized spacial score (nSPS) is 13.3. The van der Waals surface area contributed by atoms with Crippen LogP contribution in [0.4, 0.5) is 17.3 Å². The molecule has 0 radical (unpaired) electrons. The highest BCUT2D eigenvalue weighted by atomic mass is 35.5. The van der Waals surface area contributed by atoms with Crippen LogP contribution in [0, 0.1) is 6.92 Å². The van der Waals surface area contributed by atoms with Crippen LogP contribution in [-0.2, 0) is 10.0 Å². The maximum absolute atomic E-state index is 11.9. The predicted molar refractivity (Wildman–Crippen MR) is 109 cm³/mol. The van der Waals surface area contributed by atoms with Gasteiger partial charge in [-0.3, -0.25) is 0 Å². The minimum atomic E-state index is -4.28. The number of anilines is 3. The standard InChI is InChI=1S/C16H18ClN5O5S2/c1-3-10(12-7-4-8(2)27-12)19-15-16(22-28(24)21-15)20-11-6-5-9(17)14(13(11)23)29(18,25)26/h4-7,10,23H,3H2,1-2H3,(H,19,21)(H,20,22)(H2,18,25,26)/t10-,28?/m1/s1. The first-order valence-corrected chi connectivity index (χ1v) is 11.3. The molecule has 0 amide bonds. The fraction of sp³-hybridized carbons (Fsp3) is 0.250. The van der Waals surface area contributed by atoms with Gasteiger partial charge in [0.25, 0.3) is 0 Å². The van der Waals surface area contributed by atoms with E-state index < -0.39 is 31.8 Å². The summed E-state index contributed by atoms with van der Waals surface area (Å²) in [5.74, 6) is 0.925. The number of furan rings is 1. The summed E-state index contributed by atoms with van der Waals surface area (Å²) in [6.45, 7) is 3.74. The Labute approximate surface area is 174 Å². The van der Waals surface area contributed by atoms with Crippen molar-refractivity contribution in [2.24, 2.45) is 5.14 Å². The van der Waals surface area contributed by atoms with Gasteiger partial charge in [0.05, 0.1) is 16.8 Å². The number of benzene rings is 1. The molecule has 2 heterocycles. The zero-order valence-corrected chi connectivity index (χ0v) is 17.7. The SMILES string of the molecule is CC[C@@H](Nc1n[s+]([O-])nc1Nc1ccc(Cl)c(S(N)(=O)=O)c1O)c1ccc(C)o1. The number of rotatable bonds is 7. The van der Waals surface area contributed by atoms with Gasteiger partial charge >= 0.3 is 0 Å². The molecular weight excluding hydrogens is 442 g/mol. The van der Waals surface area contributed by atoms with Crippen molar-refractivity contribution in [1.82, 2.24) is 8.75 Å². The van der Waals surface area contributed by atoms with Crippen LogP contribution in [0.2, 0.25) is 5.02 Å². The third-order valence-corrected chi connectivity index (χ3v) is 6.09. The minimum absolute atomic E-state index is 0.0445. The highest BCUT2D eigenvalue weighted by molar-refractivity contribution is 7.89. The Balaban J connectivity index is 1.94. The van der Waals surface area contributed by atoms with E-state index in [1.165, 1.54) is 12.1 Å². The van der Waals surface area contributed by atoms with Crippen molar-refractivity contribution in [3.05, 3.63) is 40.8 Å². The van der Waals surface area contributed by atoms with Gasteiger partial charge in [-0.2, -0.15) is 0 Å². The molecule has 0 saturated heterocycles. The van der Waals surface area contributed by atoms with E-state index in [0.717, 1.165) is 5.76 Å². The first-order chi connectivity index (χ1) is 13.6. The molecule has 2 aromatic heterocycles. The van der Waals surface area contributed by atoms with Gasteiger partial charge in [0.15, 0.2) is 16.9 Å². The van der Waals surface area contributed by atoms with Crippen molar-refractivity contribution in [3.63, 3.8) is 0 Å². The molecule has 0 fully saturated rings. The number of phenolic OH excluding ortho intramolecular Hbond substituents is 1. The number of phenols is 1. The van der Waals surface area contributed by atoms with Crippen molar-refractivity contribution >= 4 is 50.1 Å². The van der Waals surface area contributed by atoms with Crippen LogP contribution >= 0.6 is 22.7 Å². The third kappa shape index (κ3) is 4.62. The van der Waals surface area contributed by atoms with Crippen LogP contribution in [0.15, 0.2) is 33.6 Å². The minimum Gasteiger partial charge on any atom is -0.546 e. The second kappa shape index (κ2) is 8.16. The summed E-state index contributed by atoms with van der Waals surface area (Å²) in [6, 6.07) is 5.95. The number of aromatic nitrogens is 2. The van der Waals surface area contributed by atoms with Crippen molar-refractivity contribution < 1.29 is 22.5 Å². The zero-order valence-electron chi connectivity index (χ0n) is 15.3. The van der Waals surface area contributed by atoms with Gasteiger partial charge < -0.3 is 24.7 Å². The van der Waals surface area contributed by atoms with Gasteiger partial charge in [-0.1, -0.05) is 18.5 Å². The van der Waals surface area contributed by atoms with Gasteiger partial charge in [0, 0.05) is 8.75 Å². The van der Waals surface area contributed by atoms with Gasteiger partial charge in [-0.25, -0.2) is 13.6 Å². The molecule has 156 valence electrons. The Bertz CT molecular complexity index is 1140. The van der Waals surface area contributed by atoms with Crippen molar-refractivity contribution in [1.29, 1.82) is 0 Å². The maximum Gasteiger partial charge on any atom is 0.243 e. The van der Waals surface area contributed by atoms with E-state index in [2.05, 4.69) is 19.4 Å². The van der Waals surface area contributed by atoms with Gasteiger partial charge in [-0.15, -0.1) is 0 Å². The second-order valence-corrected chi connectivity index (χ2v) is 8.84. The maximum atomic E-state index is 11.9. The number of hydrogen-bond donors (Lipinski definition) is 4. The molecule has 1 unspecified atom stereocenters. The van der Waals surface area contributed by atoms with Crippen LogP contribution in [0.25, 0.3) is 0 Å². The molecule has 1 aromatic carbocycles. The van der Waals surface area contributed by atoms with Crippen LogP contribution in [-0.4, -0.2) is 26.8 Å². The largest absolute Gasteiger partial charge is 0.546 e. The fourth-order valence-electron chi connectivity index (χ4n) is 2.67. The van der Waals surface area contributed by atoms with E-state index in [0.29, 0.717) is 12.2 Å². The third-order valence-electron chi connectivity index (χ3n) is 4.01. The molecule has 0 aliphatic rings. The van der Waals surface area contributed by atoms with Crippen LogP contribution in [0.5, 0.6) is 5.75 Å². The lowest BCUT2D eigenvalue weighted by molar-refractivity contribution is 0.452. The monoisotopic (exact) mass is 459 g/mol. The van der Waals surface area contributed by atoms with E-state index >= 15 is 0 Å². The molecule has 5 N–H and O–H groups in total. The predicted octanol–water partition coefficient (Wildman–Crippen LogP) is 3.42. The second-order valence-electron chi connectivity index (χ2n) is 6.11. The molecule has 10 nitrogen and oxygen atoms in total. The number of sulfonamides is 1. The number of nitrogens with two attached hydrogens (primary N) is 1. The lowest BCUT2D eigenvalue weighted by atomic mass is 10.2. The summed E-state index contributed by atoms with van der Waals surface area (Å²) in [5.41, 5.74) is -0.0486. The quantitative estimate of drug-likeness (QED) is 0.305. The summed E-state index contributed by atoms with van der Waals surface area (Å²) < 4.78 is 48.7. The summed E-state index contributed by atoms with van der Waals surface area (Å²) in [5, 5.41) is 21.0. The van der Waals surface area contributed by atoms with Gasteiger partial charge in [0.2, 0.25) is 21.7 Å². The summed E-state index contributed by atoms with van der Waals surface area (Å²) >= 11 is 3.95. The topological polar surface area (TPSA) is 166 Å². The molecule has 0 aliphatic carbocycles. The molecular formula is C16H18ClN5O5S2. The van der Waals surface area contributed by atoms with E-state index in [9.17, 15) is 18.1 Å². The smallest absolute Gasteiger partial charge is 0.243 e. The number of aromatic hydroxyl groups is 1. The Morgan fingerprint density at radius 1 is 1.31 bits per heavy atom. The fourth-order valence-corrected chi connectivity index (χ4v) is 4.48. The van der Waals surface area contributed by atoms with Crippen LogP contribution in [0.3, 0.4) is 0 Å². The number of primary sulfonamides is 1. The first-order valence-electron chi connectivity index (χ1n) is 8.34.